The molecule has 112 valence electrons. The van der Waals surface area contributed by atoms with Gasteiger partial charge >= 0.3 is 16.3 Å². The number of carbonyl (C=O) groups is 2. The average Bonchev–Trinajstić information content (AvgIpc) is 2.77. The standard InChI is InChI=1S/C12H13N3O5S/c16-11-10-9(15(11)21(18,19)20)6-7-14(10)12(17)13-8-4-2-1-3-5-8/h1-5,9-10H,6-7H2,(H,13,17)(H,18,19,20)/t9-,10+/m1/s1. The molecule has 3 rings (SSSR count). The molecule has 0 aromatic heterocycles. The molecule has 2 aliphatic heterocycles. The van der Waals surface area contributed by atoms with Crippen LogP contribution < -0.4 is 5.32 Å². The number of urea groups is 1. The highest BCUT2D eigenvalue weighted by atomic mass is 32.2. The predicted molar refractivity (Wildman–Crippen MR) is 72.8 cm³/mol. The molecule has 9 heteroatoms. The second kappa shape index (κ2) is 4.71. The van der Waals surface area contributed by atoms with Crippen molar-refractivity contribution in [3.8, 4) is 0 Å². The van der Waals surface area contributed by atoms with Gasteiger partial charge in [-0.1, -0.05) is 18.2 Å². The summed E-state index contributed by atoms with van der Waals surface area (Å²) in [4.78, 5) is 25.3. The zero-order valence-corrected chi connectivity index (χ0v) is 11.7. The molecule has 1 aromatic rings. The molecule has 2 atom stereocenters. The maximum atomic E-state index is 12.1. The van der Waals surface area contributed by atoms with Crippen molar-refractivity contribution in [2.45, 2.75) is 18.5 Å². The fourth-order valence-corrected chi connectivity index (χ4v) is 3.66. The molecule has 21 heavy (non-hydrogen) atoms. The second-order valence-corrected chi connectivity index (χ2v) is 6.19. The van der Waals surface area contributed by atoms with Crippen LogP contribution in [0.2, 0.25) is 0 Å². The van der Waals surface area contributed by atoms with Crippen LogP contribution in [0.25, 0.3) is 0 Å². The van der Waals surface area contributed by atoms with E-state index in [0.717, 1.165) is 0 Å². The minimum absolute atomic E-state index is 0.256. The maximum absolute atomic E-state index is 12.1. The van der Waals surface area contributed by atoms with Gasteiger partial charge in [0.15, 0.2) is 0 Å². The summed E-state index contributed by atoms with van der Waals surface area (Å²) in [6, 6.07) is 6.79. The van der Waals surface area contributed by atoms with Gasteiger partial charge in [-0.05, 0) is 18.6 Å². The number of fused-ring (bicyclic) bond motifs is 1. The Morgan fingerprint density at radius 3 is 2.57 bits per heavy atom. The Kier molecular flexibility index (Phi) is 3.10. The molecule has 2 aliphatic rings. The molecular formula is C12H13N3O5S. The molecule has 1 aromatic carbocycles. The van der Waals surface area contributed by atoms with Gasteiger partial charge in [-0.15, -0.1) is 0 Å². The van der Waals surface area contributed by atoms with Gasteiger partial charge in [0.1, 0.15) is 6.04 Å². The molecule has 2 N–H and O–H groups in total. The molecule has 0 bridgehead atoms. The lowest BCUT2D eigenvalue weighted by molar-refractivity contribution is -0.143. The Balaban J connectivity index is 1.72. The Bertz CT molecular complexity index is 690. The lowest BCUT2D eigenvalue weighted by atomic mass is 10.0. The molecule has 0 saturated carbocycles. The molecular weight excluding hydrogens is 298 g/mol. The Labute approximate surface area is 121 Å². The summed E-state index contributed by atoms with van der Waals surface area (Å²) in [6.07, 6.45) is 0.318. The van der Waals surface area contributed by atoms with Crippen LogP contribution in [0.1, 0.15) is 6.42 Å². The van der Waals surface area contributed by atoms with E-state index in [2.05, 4.69) is 5.32 Å². The van der Waals surface area contributed by atoms with Crippen molar-refractivity contribution in [2.75, 3.05) is 11.9 Å². The topological polar surface area (TPSA) is 107 Å². The van der Waals surface area contributed by atoms with Crippen molar-refractivity contribution < 1.29 is 22.6 Å². The number of hydrogen-bond acceptors (Lipinski definition) is 4. The molecule has 3 amide bonds. The average molecular weight is 311 g/mol. The van der Waals surface area contributed by atoms with E-state index >= 15 is 0 Å². The Hall–Kier alpha value is -2.13. The van der Waals surface area contributed by atoms with Crippen molar-refractivity contribution in [3.05, 3.63) is 30.3 Å². The molecule has 2 saturated heterocycles. The summed E-state index contributed by atoms with van der Waals surface area (Å²) >= 11 is 0. The fraction of sp³-hybridized carbons (Fsp3) is 0.333. The van der Waals surface area contributed by atoms with Crippen LogP contribution in [-0.4, -0.2) is 52.7 Å². The summed E-state index contributed by atoms with van der Waals surface area (Å²) in [7, 11) is -4.55. The largest absolute Gasteiger partial charge is 0.362 e. The van der Waals surface area contributed by atoms with Crippen LogP contribution in [0.4, 0.5) is 10.5 Å². The van der Waals surface area contributed by atoms with Gasteiger partial charge in [0.2, 0.25) is 0 Å². The highest BCUT2D eigenvalue weighted by Gasteiger charge is 2.60. The zero-order valence-electron chi connectivity index (χ0n) is 10.8. The van der Waals surface area contributed by atoms with E-state index in [1.165, 1.54) is 4.90 Å². The van der Waals surface area contributed by atoms with Gasteiger partial charge < -0.3 is 10.2 Å². The molecule has 2 fully saturated rings. The number of nitrogens with zero attached hydrogens (tertiary/aromatic N) is 2. The monoisotopic (exact) mass is 311 g/mol. The number of amides is 3. The summed E-state index contributed by atoms with van der Waals surface area (Å²) in [6.45, 7) is 0.256. The van der Waals surface area contributed by atoms with Gasteiger partial charge in [-0.25, -0.2) is 9.10 Å². The summed E-state index contributed by atoms with van der Waals surface area (Å²) in [5.74, 6) is -0.775. The summed E-state index contributed by atoms with van der Waals surface area (Å²) in [5, 5.41) is 2.65. The third-order valence-corrected chi connectivity index (χ3v) is 4.62. The second-order valence-electron chi connectivity index (χ2n) is 4.90. The van der Waals surface area contributed by atoms with Crippen molar-refractivity contribution in [2.24, 2.45) is 0 Å². The predicted octanol–water partition coefficient (Wildman–Crippen LogP) is 0.306. The van der Waals surface area contributed by atoms with Crippen molar-refractivity contribution >= 4 is 27.9 Å². The van der Waals surface area contributed by atoms with E-state index in [0.29, 0.717) is 16.4 Å². The van der Waals surface area contributed by atoms with Crippen LogP contribution in [0.3, 0.4) is 0 Å². The highest BCUT2D eigenvalue weighted by molar-refractivity contribution is 7.84. The van der Waals surface area contributed by atoms with E-state index in [1.54, 1.807) is 30.3 Å². The smallest absolute Gasteiger partial charge is 0.310 e. The third-order valence-electron chi connectivity index (χ3n) is 3.67. The van der Waals surface area contributed by atoms with E-state index in [-0.39, 0.29) is 6.54 Å². The molecule has 8 nitrogen and oxygen atoms in total. The van der Waals surface area contributed by atoms with E-state index in [1.807, 2.05) is 0 Å². The van der Waals surface area contributed by atoms with Crippen LogP contribution in [0.5, 0.6) is 0 Å². The minimum Gasteiger partial charge on any atom is -0.310 e. The number of benzene rings is 1. The first-order chi connectivity index (χ1) is 9.89. The van der Waals surface area contributed by atoms with Crippen molar-refractivity contribution in [1.29, 1.82) is 0 Å². The van der Waals surface area contributed by atoms with E-state index in [4.69, 9.17) is 4.55 Å². The quantitative estimate of drug-likeness (QED) is 0.603. The van der Waals surface area contributed by atoms with Crippen LogP contribution in [0.15, 0.2) is 30.3 Å². The lowest BCUT2D eigenvalue weighted by Crippen LogP contribution is -2.68. The van der Waals surface area contributed by atoms with Crippen LogP contribution >= 0.6 is 0 Å². The van der Waals surface area contributed by atoms with E-state index in [9.17, 15) is 18.0 Å². The number of para-hydroxylation sites is 1. The summed E-state index contributed by atoms with van der Waals surface area (Å²) in [5.41, 5.74) is 0.587. The van der Waals surface area contributed by atoms with Gasteiger partial charge in [0.05, 0.1) is 6.04 Å². The zero-order chi connectivity index (χ0) is 15.2. The van der Waals surface area contributed by atoms with Gasteiger partial charge in [0.25, 0.3) is 5.91 Å². The number of hydrogen-bond donors (Lipinski definition) is 2. The van der Waals surface area contributed by atoms with Crippen LogP contribution in [-0.2, 0) is 15.1 Å². The number of nitrogens with one attached hydrogen (secondary N) is 1. The lowest BCUT2D eigenvalue weighted by Gasteiger charge is -2.42. The van der Waals surface area contributed by atoms with Gasteiger partial charge in [0, 0.05) is 12.2 Å². The molecule has 0 radical (unpaired) electrons. The number of carbonyl (C=O) groups excluding carboxylic acids is 2. The SMILES string of the molecule is O=C(Nc1ccccc1)N1CC[C@@H]2[C@H]1C(=O)N2S(=O)(=O)O. The van der Waals surface area contributed by atoms with Crippen molar-refractivity contribution in [1.82, 2.24) is 9.21 Å². The first kappa shape index (κ1) is 13.8. The normalized spacial score (nSPS) is 24.5. The fourth-order valence-electron chi connectivity index (χ4n) is 2.76. The van der Waals surface area contributed by atoms with Crippen molar-refractivity contribution in [3.63, 3.8) is 0 Å². The summed E-state index contributed by atoms with van der Waals surface area (Å²) < 4.78 is 31.6. The minimum atomic E-state index is -4.55. The van der Waals surface area contributed by atoms with Gasteiger partial charge in [-0.3, -0.25) is 9.35 Å². The Morgan fingerprint density at radius 1 is 1.29 bits per heavy atom. The first-order valence-corrected chi connectivity index (χ1v) is 7.72. The molecule has 0 unspecified atom stereocenters. The van der Waals surface area contributed by atoms with Gasteiger partial charge in [-0.2, -0.15) is 8.42 Å². The third kappa shape index (κ3) is 2.24. The molecule has 0 aliphatic carbocycles. The Morgan fingerprint density at radius 2 is 1.95 bits per heavy atom. The molecule has 2 heterocycles. The number of β-lactam (4-membered cyclic amide) rings is 1. The number of rotatable bonds is 2. The van der Waals surface area contributed by atoms with Crippen LogP contribution in [0, 0.1) is 0 Å². The highest BCUT2D eigenvalue weighted by Crippen LogP contribution is 2.35. The maximum Gasteiger partial charge on any atom is 0.362 e. The number of likely N-dealkylation sites (tertiary alicyclic amines) is 1. The van der Waals surface area contributed by atoms with E-state index < -0.39 is 34.3 Å². The molecule has 0 spiro atoms. The number of anilines is 1. The first-order valence-electron chi connectivity index (χ1n) is 6.33.